The summed E-state index contributed by atoms with van der Waals surface area (Å²) in [6.07, 6.45) is 9.30. The number of carbonyl (C=O) groups is 2. The maximum absolute atomic E-state index is 12.7. The van der Waals surface area contributed by atoms with Gasteiger partial charge in [-0.2, -0.15) is 0 Å². The second kappa shape index (κ2) is 6.75. The largest absolute Gasteiger partial charge is 0.496 e. The summed E-state index contributed by atoms with van der Waals surface area (Å²) in [5.74, 6) is 1.12. The second-order valence-corrected chi connectivity index (χ2v) is 7.67. The molecule has 0 radical (unpaired) electrons. The van der Waals surface area contributed by atoms with Crippen LogP contribution in [0.15, 0.2) is 48.3 Å². The highest BCUT2D eigenvalue weighted by Gasteiger charge is 2.36. The maximum Gasteiger partial charge on any atom is 0.226 e. The molecule has 1 aromatic carbocycles. The van der Waals surface area contributed by atoms with Crippen LogP contribution in [0, 0.1) is 0 Å². The highest BCUT2D eigenvalue weighted by Crippen LogP contribution is 2.39. The second-order valence-electron chi connectivity index (χ2n) is 7.67. The summed E-state index contributed by atoms with van der Waals surface area (Å²) in [6, 6.07) is 8.10. The minimum atomic E-state index is -0.333. The van der Waals surface area contributed by atoms with E-state index in [1.807, 2.05) is 12.2 Å². The molecule has 136 valence electrons. The third kappa shape index (κ3) is 2.98. The number of benzene rings is 1. The van der Waals surface area contributed by atoms with Gasteiger partial charge in [-0.25, -0.2) is 0 Å². The Bertz CT molecular complexity index is 794. The van der Waals surface area contributed by atoms with Crippen molar-refractivity contribution in [3.63, 3.8) is 0 Å². The monoisotopic (exact) mass is 351 g/mol. The normalized spacial score (nSPS) is 28.9. The van der Waals surface area contributed by atoms with Crippen LogP contribution in [0.2, 0.25) is 0 Å². The summed E-state index contributed by atoms with van der Waals surface area (Å²) < 4.78 is 6.07. The quantitative estimate of drug-likeness (QED) is 0.720. The molecule has 2 heterocycles. The third-order valence-electron chi connectivity index (χ3n) is 5.91. The zero-order chi connectivity index (χ0) is 18.1. The van der Waals surface area contributed by atoms with Crippen molar-refractivity contribution in [2.45, 2.75) is 50.5 Å². The summed E-state index contributed by atoms with van der Waals surface area (Å²) in [5.41, 5.74) is 2.08. The van der Waals surface area contributed by atoms with Gasteiger partial charge in [-0.3, -0.25) is 9.59 Å². The van der Waals surface area contributed by atoms with Crippen molar-refractivity contribution >= 4 is 11.7 Å². The molecule has 1 aliphatic carbocycles. The van der Waals surface area contributed by atoms with Gasteiger partial charge in [0.2, 0.25) is 5.91 Å². The average molecular weight is 351 g/mol. The Kier molecular flexibility index (Phi) is 4.43. The molecular weight excluding hydrogens is 326 g/mol. The molecule has 4 rings (SSSR count). The lowest BCUT2D eigenvalue weighted by atomic mass is 9.75. The molecule has 0 N–H and O–H groups in total. The van der Waals surface area contributed by atoms with E-state index in [1.165, 1.54) is 5.56 Å². The van der Waals surface area contributed by atoms with Gasteiger partial charge in [0.15, 0.2) is 5.78 Å². The van der Waals surface area contributed by atoms with Crippen molar-refractivity contribution < 1.29 is 14.3 Å². The lowest BCUT2D eigenvalue weighted by Gasteiger charge is -2.37. The predicted octanol–water partition coefficient (Wildman–Crippen LogP) is 3.31. The van der Waals surface area contributed by atoms with Crippen LogP contribution < -0.4 is 0 Å². The molecule has 1 saturated heterocycles. The van der Waals surface area contributed by atoms with Crippen molar-refractivity contribution in [2.75, 3.05) is 13.2 Å². The van der Waals surface area contributed by atoms with Crippen LogP contribution in [0.4, 0.5) is 0 Å². The number of allylic oxidation sites excluding steroid dienone is 4. The number of amides is 1. The van der Waals surface area contributed by atoms with Crippen LogP contribution in [0.1, 0.15) is 43.7 Å². The standard InChI is InChI=1S/C22H25NO3/c1-22-11-3-2-9-20(22)26-13-10-21(25)23-12-5-8-19(24)18(23)15-16-6-4-7-17(22)14-16/h2-4,6-7,9,14,18H,5,8,10-13,15H2,1H3. The van der Waals surface area contributed by atoms with Crippen molar-refractivity contribution in [3.05, 3.63) is 59.4 Å². The minimum absolute atomic E-state index is 0.0217. The molecule has 1 aromatic rings. The summed E-state index contributed by atoms with van der Waals surface area (Å²) in [5, 5.41) is 0. The number of ketones is 1. The molecule has 4 heteroatoms. The molecule has 26 heavy (non-hydrogen) atoms. The smallest absolute Gasteiger partial charge is 0.226 e. The Hall–Kier alpha value is -2.36. The molecule has 4 nitrogen and oxygen atoms in total. The topological polar surface area (TPSA) is 46.6 Å². The maximum atomic E-state index is 12.7. The molecule has 2 atom stereocenters. The lowest BCUT2D eigenvalue weighted by molar-refractivity contribution is -0.143. The van der Waals surface area contributed by atoms with Gasteiger partial charge in [-0.15, -0.1) is 0 Å². The fourth-order valence-electron chi connectivity index (χ4n) is 4.31. The number of ether oxygens (including phenoxy) is 1. The molecule has 1 amide bonds. The summed E-state index contributed by atoms with van der Waals surface area (Å²) >= 11 is 0. The van der Waals surface area contributed by atoms with Gasteiger partial charge in [0.1, 0.15) is 5.76 Å². The van der Waals surface area contributed by atoms with E-state index < -0.39 is 0 Å². The van der Waals surface area contributed by atoms with Gasteiger partial charge in [-0.1, -0.05) is 36.4 Å². The number of Topliss-reactive ketones (excluding diaryl/α,β-unsaturated/α-hetero) is 1. The molecule has 1 fully saturated rings. The van der Waals surface area contributed by atoms with Crippen molar-refractivity contribution in [2.24, 2.45) is 0 Å². The predicted molar refractivity (Wildman–Crippen MR) is 99.6 cm³/mol. The molecule has 2 aliphatic heterocycles. The van der Waals surface area contributed by atoms with Gasteiger partial charge in [0, 0.05) is 13.0 Å². The molecule has 2 unspecified atom stereocenters. The molecule has 0 spiro atoms. The van der Waals surface area contributed by atoms with Crippen molar-refractivity contribution in [1.29, 1.82) is 0 Å². The number of rotatable bonds is 0. The van der Waals surface area contributed by atoms with Gasteiger partial charge in [0.05, 0.1) is 24.5 Å². The Balaban J connectivity index is 1.76. The summed E-state index contributed by atoms with van der Waals surface area (Å²) in [6.45, 7) is 3.20. The third-order valence-corrected chi connectivity index (χ3v) is 5.91. The molecule has 2 bridgehead atoms. The van der Waals surface area contributed by atoms with Crippen LogP contribution in [-0.2, 0) is 26.2 Å². The summed E-state index contributed by atoms with van der Waals surface area (Å²) in [4.78, 5) is 27.0. The minimum Gasteiger partial charge on any atom is -0.496 e. The number of piperidine rings is 1. The van der Waals surface area contributed by atoms with Crippen LogP contribution in [0.3, 0.4) is 0 Å². The Morgan fingerprint density at radius 3 is 3.00 bits per heavy atom. The van der Waals surface area contributed by atoms with E-state index in [0.717, 1.165) is 24.2 Å². The van der Waals surface area contributed by atoms with Gasteiger partial charge in [0.25, 0.3) is 0 Å². The van der Waals surface area contributed by atoms with Gasteiger partial charge < -0.3 is 9.64 Å². The van der Waals surface area contributed by atoms with E-state index in [2.05, 4.69) is 37.3 Å². The van der Waals surface area contributed by atoms with Crippen LogP contribution in [-0.4, -0.2) is 35.8 Å². The number of hydrogen-bond acceptors (Lipinski definition) is 3. The van der Waals surface area contributed by atoms with E-state index in [0.29, 0.717) is 32.4 Å². The fourth-order valence-corrected chi connectivity index (χ4v) is 4.31. The number of nitrogens with zero attached hydrogens (tertiary/aromatic N) is 1. The van der Waals surface area contributed by atoms with Crippen molar-refractivity contribution in [1.82, 2.24) is 4.90 Å². The first kappa shape index (κ1) is 17.1. The van der Waals surface area contributed by atoms with E-state index in [4.69, 9.17) is 4.74 Å². The average Bonchev–Trinajstić information content (AvgIpc) is 2.64. The zero-order valence-corrected chi connectivity index (χ0v) is 15.2. The number of fused-ring (bicyclic) bond motifs is 5. The zero-order valence-electron chi connectivity index (χ0n) is 15.2. The summed E-state index contributed by atoms with van der Waals surface area (Å²) in [7, 11) is 0. The van der Waals surface area contributed by atoms with E-state index in [9.17, 15) is 9.59 Å². The number of carbonyl (C=O) groups excluding carboxylic acids is 2. The SMILES string of the molecule is CC12CC=CC=C1OCCC(=O)N1CCCC(=O)C1Cc1cccc2c1. The van der Waals surface area contributed by atoms with E-state index >= 15 is 0 Å². The Morgan fingerprint density at radius 1 is 1.23 bits per heavy atom. The van der Waals surface area contributed by atoms with Crippen molar-refractivity contribution in [3.8, 4) is 0 Å². The molecule has 0 saturated carbocycles. The first-order valence-corrected chi connectivity index (χ1v) is 9.50. The van der Waals surface area contributed by atoms with Crippen LogP contribution >= 0.6 is 0 Å². The van der Waals surface area contributed by atoms with E-state index in [1.54, 1.807) is 4.90 Å². The number of hydrogen-bond donors (Lipinski definition) is 0. The first-order valence-electron chi connectivity index (χ1n) is 9.50. The van der Waals surface area contributed by atoms with Crippen LogP contribution in [0.25, 0.3) is 0 Å². The van der Waals surface area contributed by atoms with E-state index in [-0.39, 0.29) is 23.1 Å². The van der Waals surface area contributed by atoms with Gasteiger partial charge >= 0.3 is 0 Å². The fraction of sp³-hybridized carbons (Fsp3) is 0.455. The Morgan fingerprint density at radius 2 is 2.12 bits per heavy atom. The molecule has 3 aliphatic rings. The van der Waals surface area contributed by atoms with Gasteiger partial charge in [-0.05, 0) is 43.4 Å². The highest BCUT2D eigenvalue weighted by molar-refractivity contribution is 5.90. The highest BCUT2D eigenvalue weighted by atomic mass is 16.5. The molecular formula is C22H25NO3. The lowest BCUT2D eigenvalue weighted by Crippen LogP contribution is -2.50. The first-order chi connectivity index (χ1) is 12.6. The molecule has 0 aromatic heterocycles. The Labute approximate surface area is 154 Å². The van der Waals surface area contributed by atoms with Crippen LogP contribution in [0.5, 0.6) is 0 Å².